The number of hydrogen-bond donors (Lipinski definition) is 0. The highest BCUT2D eigenvalue weighted by molar-refractivity contribution is 5.86. The van der Waals surface area contributed by atoms with Gasteiger partial charge in [-0.25, -0.2) is 0 Å². The molecule has 16 heavy (non-hydrogen) atoms. The Labute approximate surface area is 95.9 Å². The number of nitriles is 1. The molecule has 2 rings (SSSR count). The summed E-state index contributed by atoms with van der Waals surface area (Å²) in [5.74, 6) is 0.939. The summed E-state index contributed by atoms with van der Waals surface area (Å²) < 4.78 is 0. The second kappa shape index (κ2) is 4.49. The van der Waals surface area contributed by atoms with Gasteiger partial charge in [0.25, 0.3) is 0 Å². The van der Waals surface area contributed by atoms with Gasteiger partial charge in [-0.15, -0.1) is 0 Å². The molecule has 82 valence electrons. The normalized spacial score (nSPS) is 25.1. The molecule has 1 aromatic carbocycles. The summed E-state index contributed by atoms with van der Waals surface area (Å²) in [6.45, 7) is 2.13. The number of benzene rings is 1. The van der Waals surface area contributed by atoms with Crippen molar-refractivity contribution in [3.8, 4) is 6.07 Å². The zero-order valence-corrected chi connectivity index (χ0v) is 9.44. The van der Waals surface area contributed by atoms with Gasteiger partial charge in [-0.3, -0.25) is 4.79 Å². The van der Waals surface area contributed by atoms with Crippen molar-refractivity contribution in [3.05, 3.63) is 35.4 Å². The summed E-state index contributed by atoms with van der Waals surface area (Å²) in [5, 5.41) is 8.71. The van der Waals surface area contributed by atoms with Crippen LogP contribution in [0, 0.1) is 17.2 Å². The molecule has 0 spiro atoms. The van der Waals surface area contributed by atoms with E-state index < -0.39 is 0 Å². The lowest BCUT2D eigenvalue weighted by Crippen LogP contribution is -2.21. The van der Waals surface area contributed by atoms with E-state index in [1.165, 1.54) is 0 Å². The van der Waals surface area contributed by atoms with E-state index in [0.717, 1.165) is 18.4 Å². The monoisotopic (exact) mass is 213 g/mol. The molecule has 0 aliphatic heterocycles. The molecule has 1 saturated carbocycles. The van der Waals surface area contributed by atoms with E-state index in [1.54, 1.807) is 12.1 Å². The van der Waals surface area contributed by atoms with Crippen molar-refractivity contribution in [1.82, 2.24) is 0 Å². The molecule has 1 fully saturated rings. The molecule has 0 N–H and O–H groups in total. The van der Waals surface area contributed by atoms with Crippen molar-refractivity contribution in [3.63, 3.8) is 0 Å². The molecule has 0 aromatic heterocycles. The van der Waals surface area contributed by atoms with Gasteiger partial charge in [0.1, 0.15) is 5.78 Å². The number of rotatable bonds is 1. The maximum absolute atomic E-state index is 11.9. The summed E-state index contributed by atoms with van der Waals surface area (Å²) in [5.41, 5.74) is 1.72. The van der Waals surface area contributed by atoms with Crippen LogP contribution in [0.3, 0.4) is 0 Å². The predicted octanol–water partition coefficient (Wildman–Crippen LogP) is 3.03. The molecule has 0 saturated heterocycles. The summed E-state index contributed by atoms with van der Waals surface area (Å²) in [6.07, 6.45) is 2.77. The lowest BCUT2D eigenvalue weighted by Gasteiger charge is -2.25. The van der Waals surface area contributed by atoms with Gasteiger partial charge in [0.05, 0.1) is 11.6 Å². The fourth-order valence-electron chi connectivity index (χ4n) is 2.34. The average Bonchev–Trinajstić information content (AvgIpc) is 2.29. The number of ketones is 1. The van der Waals surface area contributed by atoms with Crippen molar-refractivity contribution in [2.75, 3.05) is 0 Å². The maximum atomic E-state index is 11.9. The van der Waals surface area contributed by atoms with E-state index >= 15 is 0 Å². The first-order valence-corrected chi connectivity index (χ1v) is 5.73. The minimum atomic E-state index is 0.0592. The minimum absolute atomic E-state index is 0.0592. The molecule has 1 aliphatic carbocycles. The molecule has 2 nitrogen and oxygen atoms in total. The van der Waals surface area contributed by atoms with Gasteiger partial charge in [0, 0.05) is 12.3 Å². The Bertz CT molecular complexity index is 427. The maximum Gasteiger partial charge on any atom is 0.140 e. The molecule has 0 heterocycles. The fourth-order valence-corrected chi connectivity index (χ4v) is 2.34. The number of hydrogen-bond acceptors (Lipinski definition) is 2. The third kappa shape index (κ3) is 2.14. The first-order valence-electron chi connectivity index (χ1n) is 5.73. The van der Waals surface area contributed by atoms with Gasteiger partial charge in [-0.05, 0) is 36.5 Å². The van der Waals surface area contributed by atoms with Crippen molar-refractivity contribution in [1.29, 1.82) is 5.26 Å². The van der Waals surface area contributed by atoms with Gasteiger partial charge in [0.2, 0.25) is 0 Å². The van der Waals surface area contributed by atoms with Crippen molar-refractivity contribution in [2.24, 2.45) is 5.92 Å². The Hall–Kier alpha value is -1.62. The quantitative estimate of drug-likeness (QED) is 0.719. The van der Waals surface area contributed by atoms with Gasteiger partial charge in [-0.2, -0.15) is 5.26 Å². The van der Waals surface area contributed by atoms with Crippen LogP contribution in [-0.4, -0.2) is 5.78 Å². The van der Waals surface area contributed by atoms with E-state index in [2.05, 4.69) is 13.0 Å². The van der Waals surface area contributed by atoms with Gasteiger partial charge < -0.3 is 0 Å². The molecular weight excluding hydrogens is 198 g/mol. The van der Waals surface area contributed by atoms with E-state index in [4.69, 9.17) is 5.26 Å². The van der Waals surface area contributed by atoms with Crippen LogP contribution in [-0.2, 0) is 4.79 Å². The predicted molar refractivity (Wildman–Crippen MR) is 61.9 cm³/mol. The standard InChI is InChI=1S/C14H15NO/c1-10-2-7-13(14(16)8-10)12-5-3-11(9-15)4-6-12/h3-6,10,13H,2,7-8H2,1H3/t10-,13+/m1/s1. The Kier molecular flexibility index (Phi) is 3.05. The lowest BCUT2D eigenvalue weighted by atomic mass is 9.78. The molecule has 0 radical (unpaired) electrons. The molecule has 0 bridgehead atoms. The number of carbonyl (C=O) groups is 1. The van der Waals surface area contributed by atoms with Crippen molar-refractivity contribution in [2.45, 2.75) is 32.1 Å². The SMILES string of the molecule is C[C@@H]1CC[C@@H](c2ccc(C#N)cc2)C(=O)C1. The molecule has 1 aliphatic rings. The average molecular weight is 213 g/mol. The van der Waals surface area contributed by atoms with Crippen LogP contribution in [0.5, 0.6) is 0 Å². The van der Waals surface area contributed by atoms with Crippen molar-refractivity contribution < 1.29 is 4.79 Å². The Morgan fingerprint density at radius 2 is 1.94 bits per heavy atom. The lowest BCUT2D eigenvalue weighted by molar-refractivity contribution is -0.123. The first-order chi connectivity index (χ1) is 7.70. The molecule has 0 amide bonds. The van der Waals surface area contributed by atoms with Gasteiger partial charge >= 0.3 is 0 Å². The Morgan fingerprint density at radius 1 is 1.25 bits per heavy atom. The van der Waals surface area contributed by atoms with Gasteiger partial charge in [0.15, 0.2) is 0 Å². The highest BCUT2D eigenvalue weighted by atomic mass is 16.1. The van der Waals surface area contributed by atoms with Crippen LogP contribution >= 0.6 is 0 Å². The van der Waals surface area contributed by atoms with Crippen LogP contribution in [0.15, 0.2) is 24.3 Å². The van der Waals surface area contributed by atoms with Crippen molar-refractivity contribution >= 4 is 5.78 Å². The van der Waals surface area contributed by atoms with Gasteiger partial charge in [-0.1, -0.05) is 19.1 Å². The summed E-state index contributed by atoms with van der Waals surface area (Å²) in [7, 11) is 0. The largest absolute Gasteiger partial charge is 0.299 e. The molecular formula is C14H15NO. The Balaban J connectivity index is 2.18. The van der Waals surface area contributed by atoms with Crippen LogP contribution in [0.25, 0.3) is 0 Å². The molecule has 1 aromatic rings. The molecule has 2 heteroatoms. The second-order valence-electron chi connectivity index (χ2n) is 4.64. The van der Waals surface area contributed by atoms with Crippen LogP contribution in [0.1, 0.15) is 43.2 Å². The summed E-state index contributed by atoms with van der Waals surface area (Å²) >= 11 is 0. The van der Waals surface area contributed by atoms with E-state index in [-0.39, 0.29) is 5.92 Å². The van der Waals surface area contributed by atoms with E-state index in [9.17, 15) is 4.79 Å². The summed E-state index contributed by atoms with van der Waals surface area (Å²) in [4.78, 5) is 11.9. The van der Waals surface area contributed by atoms with E-state index in [1.807, 2.05) is 12.1 Å². The highest BCUT2D eigenvalue weighted by Crippen LogP contribution is 2.32. The second-order valence-corrected chi connectivity index (χ2v) is 4.64. The third-order valence-electron chi connectivity index (χ3n) is 3.33. The zero-order valence-electron chi connectivity index (χ0n) is 9.44. The van der Waals surface area contributed by atoms with Crippen LogP contribution in [0.4, 0.5) is 0 Å². The number of nitrogens with zero attached hydrogens (tertiary/aromatic N) is 1. The fraction of sp³-hybridized carbons (Fsp3) is 0.429. The number of Topliss-reactive ketones (excluding diaryl/α,β-unsaturated/α-hetero) is 1. The third-order valence-corrected chi connectivity index (χ3v) is 3.33. The van der Waals surface area contributed by atoms with E-state index in [0.29, 0.717) is 23.7 Å². The van der Waals surface area contributed by atoms with Crippen LogP contribution < -0.4 is 0 Å². The smallest absolute Gasteiger partial charge is 0.140 e. The van der Waals surface area contributed by atoms with Crippen LogP contribution in [0.2, 0.25) is 0 Å². The first kappa shape index (κ1) is 10.9. The Morgan fingerprint density at radius 3 is 2.50 bits per heavy atom. The zero-order chi connectivity index (χ0) is 11.5. The topological polar surface area (TPSA) is 40.9 Å². The summed E-state index contributed by atoms with van der Waals surface area (Å²) in [6, 6.07) is 9.50. The number of carbonyl (C=O) groups excluding carboxylic acids is 1. The highest BCUT2D eigenvalue weighted by Gasteiger charge is 2.27. The molecule has 2 atom stereocenters. The molecule has 0 unspecified atom stereocenters. The minimum Gasteiger partial charge on any atom is -0.299 e.